The van der Waals surface area contributed by atoms with E-state index in [0.29, 0.717) is 28.8 Å². The van der Waals surface area contributed by atoms with Gasteiger partial charge in [-0.25, -0.2) is 0 Å². The molecule has 0 aromatic heterocycles. The number of hydrogen-bond acceptors (Lipinski definition) is 6. The van der Waals surface area contributed by atoms with Crippen molar-refractivity contribution in [1.82, 2.24) is 0 Å². The summed E-state index contributed by atoms with van der Waals surface area (Å²) in [6.45, 7) is 7.37. The Morgan fingerprint density at radius 3 is 2.50 bits per heavy atom. The summed E-state index contributed by atoms with van der Waals surface area (Å²) in [6, 6.07) is 19.2. The highest BCUT2D eigenvalue weighted by Crippen LogP contribution is 2.36. The summed E-state index contributed by atoms with van der Waals surface area (Å²) in [6.07, 6.45) is 1.73. The van der Waals surface area contributed by atoms with Crippen molar-refractivity contribution >= 4 is 40.8 Å². The lowest BCUT2D eigenvalue weighted by Crippen LogP contribution is -2.36. The molecule has 3 aromatic rings. The van der Waals surface area contributed by atoms with E-state index in [1.807, 2.05) is 50.2 Å². The average Bonchev–Trinajstić information content (AvgIpc) is 2.89. The molecule has 0 atom stereocenters. The van der Waals surface area contributed by atoms with Crippen molar-refractivity contribution in [3.05, 3.63) is 76.8 Å². The predicted octanol–water partition coefficient (Wildman–Crippen LogP) is 5.65. The van der Waals surface area contributed by atoms with E-state index in [9.17, 15) is 4.79 Å². The number of carbonyl (C=O) groups is 1. The van der Waals surface area contributed by atoms with E-state index in [0.717, 1.165) is 48.8 Å². The Morgan fingerprint density at radius 1 is 1.08 bits per heavy atom. The van der Waals surface area contributed by atoms with Crippen molar-refractivity contribution in [3.8, 4) is 11.5 Å². The third-order valence-electron chi connectivity index (χ3n) is 5.60. The van der Waals surface area contributed by atoms with Gasteiger partial charge in [0.05, 0.1) is 30.5 Å². The first kappa shape index (κ1) is 25.5. The molecule has 0 saturated carbocycles. The summed E-state index contributed by atoms with van der Waals surface area (Å²) in [5, 5.41) is 3.15. The highest BCUT2D eigenvalue weighted by Gasteiger charge is 2.15. The highest BCUT2D eigenvalue weighted by atomic mass is 35.5. The topological polar surface area (TPSA) is 72.4 Å². The number of aliphatic imine (C=N–C) groups is 1. The maximum atomic E-state index is 12.4. The van der Waals surface area contributed by atoms with Crippen LogP contribution in [0.2, 0.25) is 5.02 Å². The minimum atomic E-state index is -0.288. The molecule has 188 valence electrons. The molecule has 1 N–H and O–H groups in total. The van der Waals surface area contributed by atoms with E-state index in [1.54, 1.807) is 18.3 Å². The third-order valence-corrected chi connectivity index (χ3v) is 5.88. The summed E-state index contributed by atoms with van der Waals surface area (Å²) in [5.41, 5.74) is 4.57. The molecule has 1 aliphatic heterocycles. The summed E-state index contributed by atoms with van der Waals surface area (Å²) in [7, 11) is 0. The van der Waals surface area contributed by atoms with Crippen LogP contribution >= 0.6 is 11.6 Å². The van der Waals surface area contributed by atoms with Crippen LogP contribution in [0.4, 0.5) is 17.1 Å². The van der Waals surface area contributed by atoms with Gasteiger partial charge in [0.25, 0.3) is 5.91 Å². The Balaban J connectivity index is 1.41. The van der Waals surface area contributed by atoms with Crippen LogP contribution in [0.25, 0.3) is 0 Å². The monoisotopic (exact) mass is 507 g/mol. The van der Waals surface area contributed by atoms with Gasteiger partial charge in [-0.2, -0.15) is 0 Å². The second-order valence-corrected chi connectivity index (χ2v) is 8.75. The van der Waals surface area contributed by atoms with Gasteiger partial charge in [-0.3, -0.25) is 9.79 Å². The fourth-order valence-electron chi connectivity index (χ4n) is 3.76. The lowest BCUT2D eigenvalue weighted by Gasteiger charge is -2.28. The van der Waals surface area contributed by atoms with Crippen LogP contribution in [-0.2, 0) is 9.53 Å². The number of aryl methyl sites for hydroxylation is 1. The Bertz CT molecular complexity index is 1190. The lowest BCUT2D eigenvalue weighted by atomic mass is 10.2. The Morgan fingerprint density at radius 2 is 1.81 bits per heavy atom. The van der Waals surface area contributed by atoms with Crippen LogP contribution in [0.15, 0.2) is 65.7 Å². The molecule has 1 amide bonds. The Hall–Kier alpha value is -3.55. The Kier molecular flexibility index (Phi) is 8.81. The Labute approximate surface area is 216 Å². The summed E-state index contributed by atoms with van der Waals surface area (Å²) < 4.78 is 16.9. The molecule has 1 fully saturated rings. The average molecular weight is 508 g/mol. The van der Waals surface area contributed by atoms with Gasteiger partial charge in [-0.05, 0) is 67.9 Å². The third kappa shape index (κ3) is 6.99. The molecule has 36 heavy (non-hydrogen) atoms. The van der Waals surface area contributed by atoms with Crippen molar-refractivity contribution in [1.29, 1.82) is 0 Å². The molecule has 0 aliphatic carbocycles. The molecule has 1 saturated heterocycles. The number of anilines is 2. The maximum absolute atomic E-state index is 12.4. The smallest absolute Gasteiger partial charge is 0.262 e. The minimum absolute atomic E-state index is 0.198. The molecule has 0 radical (unpaired) electrons. The number of rotatable bonds is 9. The number of amides is 1. The highest BCUT2D eigenvalue weighted by molar-refractivity contribution is 6.32. The van der Waals surface area contributed by atoms with Gasteiger partial charge in [-0.15, -0.1) is 0 Å². The van der Waals surface area contributed by atoms with Crippen LogP contribution in [-0.4, -0.2) is 51.6 Å². The first-order valence-corrected chi connectivity index (χ1v) is 12.3. The van der Waals surface area contributed by atoms with Gasteiger partial charge in [0.15, 0.2) is 18.1 Å². The molecular formula is C28H30ClN3O4. The summed E-state index contributed by atoms with van der Waals surface area (Å²) >= 11 is 6.51. The van der Waals surface area contributed by atoms with Crippen LogP contribution in [0.3, 0.4) is 0 Å². The molecule has 4 rings (SSSR count). The summed E-state index contributed by atoms with van der Waals surface area (Å²) in [5.74, 6) is 0.491. The molecule has 7 nitrogen and oxygen atoms in total. The van der Waals surface area contributed by atoms with Crippen molar-refractivity contribution in [3.63, 3.8) is 0 Å². The first-order chi connectivity index (χ1) is 17.5. The van der Waals surface area contributed by atoms with Crippen LogP contribution in [0, 0.1) is 6.92 Å². The molecule has 1 aliphatic rings. The van der Waals surface area contributed by atoms with E-state index < -0.39 is 0 Å². The molecule has 8 heteroatoms. The minimum Gasteiger partial charge on any atom is -0.490 e. The van der Waals surface area contributed by atoms with Crippen molar-refractivity contribution in [2.24, 2.45) is 4.99 Å². The first-order valence-electron chi connectivity index (χ1n) is 11.9. The SMILES string of the molecule is CCOc1cc(C=Nc2ccc(N3CCOCC3)cc2)cc(Cl)c1OCC(=O)Nc1ccc(C)cc1. The second-order valence-electron chi connectivity index (χ2n) is 8.34. The van der Waals surface area contributed by atoms with Crippen LogP contribution in [0.1, 0.15) is 18.1 Å². The molecule has 0 unspecified atom stereocenters. The maximum Gasteiger partial charge on any atom is 0.262 e. The normalized spacial score (nSPS) is 13.6. The summed E-state index contributed by atoms with van der Waals surface area (Å²) in [4.78, 5) is 19.2. The zero-order chi connectivity index (χ0) is 25.3. The molecule has 1 heterocycles. The number of halogens is 1. The van der Waals surface area contributed by atoms with Gasteiger partial charge in [-0.1, -0.05) is 29.3 Å². The second kappa shape index (κ2) is 12.4. The number of ether oxygens (including phenoxy) is 3. The van der Waals surface area contributed by atoms with Gasteiger partial charge >= 0.3 is 0 Å². The number of morpholine rings is 1. The largest absolute Gasteiger partial charge is 0.490 e. The van der Waals surface area contributed by atoms with Crippen LogP contribution < -0.4 is 19.7 Å². The molecular weight excluding hydrogens is 478 g/mol. The lowest BCUT2D eigenvalue weighted by molar-refractivity contribution is -0.118. The van der Waals surface area contributed by atoms with Crippen molar-refractivity contribution < 1.29 is 19.0 Å². The number of hydrogen-bond donors (Lipinski definition) is 1. The van der Waals surface area contributed by atoms with Gasteiger partial charge < -0.3 is 24.4 Å². The van der Waals surface area contributed by atoms with Crippen molar-refractivity contribution in [2.75, 3.05) is 49.7 Å². The number of benzene rings is 3. The fourth-order valence-corrected chi connectivity index (χ4v) is 4.03. The number of carbonyl (C=O) groups excluding carboxylic acids is 1. The zero-order valence-corrected chi connectivity index (χ0v) is 21.3. The standard InChI is InChI=1S/C28H30ClN3O4/c1-3-35-26-17-21(18-30-22-8-10-24(11-9-22)32-12-14-34-15-13-32)16-25(29)28(26)36-19-27(33)31-23-6-4-20(2)5-7-23/h4-11,16-18H,3,12-15,19H2,1-2H3,(H,31,33). The molecule has 0 spiro atoms. The van der Waals surface area contributed by atoms with Crippen molar-refractivity contribution in [2.45, 2.75) is 13.8 Å². The molecule has 3 aromatic carbocycles. The zero-order valence-electron chi connectivity index (χ0n) is 20.5. The van der Waals surface area contributed by atoms with E-state index in [4.69, 9.17) is 25.8 Å². The van der Waals surface area contributed by atoms with E-state index >= 15 is 0 Å². The van der Waals surface area contributed by atoms with E-state index in [1.165, 1.54) is 0 Å². The number of nitrogens with one attached hydrogen (secondary N) is 1. The van der Waals surface area contributed by atoms with E-state index in [-0.39, 0.29) is 12.5 Å². The van der Waals surface area contributed by atoms with E-state index in [2.05, 4.69) is 27.3 Å². The van der Waals surface area contributed by atoms with Crippen LogP contribution in [0.5, 0.6) is 11.5 Å². The van der Waals surface area contributed by atoms with Gasteiger partial charge in [0.2, 0.25) is 0 Å². The fraction of sp³-hybridized carbons (Fsp3) is 0.286. The molecule has 0 bridgehead atoms. The van der Waals surface area contributed by atoms with Gasteiger partial charge in [0.1, 0.15) is 0 Å². The number of nitrogens with zero attached hydrogens (tertiary/aromatic N) is 2. The predicted molar refractivity (Wildman–Crippen MR) is 145 cm³/mol. The van der Waals surface area contributed by atoms with Gasteiger partial charge in [0, 0.05) is 30.7 Å². The quantitative estimate of drug-likeness (QED) is 0.379.